The molecule has 4 heteroatoms. The van der Waals surface area contributed by atoms with Crippen molar-refractivity contribution in [2.45, 2.75) is 13.0 Å². The Morgan fingerprint density at radius 3 is 2.86 bits per heavy atom. The summed E-state index contributed by atoms with van der Waals surface area (Å²) in [5, 5.41) is 4.06. The summed E-state index contributed by atoms with van der Waals surface area (Å²) < 4.78 is 1.02. The zero-order valence-corrected chi connectivity index (χ0v) is 13.0. The number of benzene rings is 2. The van der Waals surface area contributed by atoms with Crippen molar-refractivity contribution in [3.63, 3.8) is 0 Å². The molecule has 3 aromatic rings. The molecule has 106 valence electrons. The van der Waals surface area contributed by atoms with E-state index < -0.39 is 0 Å². The minimum Gasteiger partial charge on any atom is -0.361 e. The fourth-order valence-corrected chi connectivity index (χ4v) is 2.81. The van der Waals surface area contributed by atoms with Crippen LogP contribution < -0.4 is 5.32 Å². The van der Waals surface area contributed by atoms with E-state index in [4.69, 9.17) is 0 Å². The highest BCUT2D eigenvalue weighted by molar-refractivity contribution is 9.10. The van der Waals surface area contributed by atoms with Crippen LogP contribution in [0, 0.1) is 0 Å². The maximum atomic E-state index is 12.1. The molecule has 2 N–H and O–H groups in total. The maximum Gasteiger partial charge on any atom is 0.224 e. The normalized spacial score (nSPS) is 10.7. The predicted molar refractivity (Wildman–Crippen MR) is 88.0 cm³/mol. The van der Waals surface area contributed by atoms with Crippen LogP contribution in [0.15, 0.2) is 59.2 Å². The molecule has 0 saturated heterocycles. The Labute approximate surface area is 131 Å². The number of fused-ring (bicyclic) bond motifs is 1. The topological polar surface area (TPSA) is 44.9 Å². The maximum absolute atomic E-state index is 12.1. The fourth-order valence-electron chi connectivity index (χ4n) is 2.36. The highest BCUT2D eigenvalue weighted by Gasteiger charge is 2.08. The van der Waals surface area contributed by atoms with Gasteiger partial charge in [-0.1, -0.05) is 46.3 Å². The molecule has 0 aliphatic carbocycles. The molecule has 1 aromatic heterocycles. The SMILES string of the molecule is O=C(Cc1c[nH]c2ccccc12)NCc1cccc(Br)c1. The molecule has 0 spiro atoms. The lowest BCUT2D eigenvalue weighted by Gasteiger charge is -2.05. The molecule has 3 nitrogen and oxygen atoms in total. The molecule has 0 aliphatic heterocycles. The number of aromatic nitrogens is 1. The molecule has 0 aliphatic rings. The first-order chi connectivity index (χ1) is 10.2. The summed E-state index contributed by atoms with van der Waals surface area (Å²) in [4.78, 5) is 15.3. The van der Waals surface area contributed by atoms with Gasteiger partial charge in [0.15, 0.2) is 0 Å². The number of aromatic amines is 1. The van der Waals surface area contributed by atoms with E-state index in [1.165, 1.54) is 0 Å². The number of hydrogen-bond donors (Lipinski definition) is 2. The second kappa shape index (κ2) is 6.14. The monoisotopic (exact) mass is 342 g/mol. The second-order valence-electron chi connectivity index (χ2n) is 4.94. The molecule has 0 radical (unpaired) electrons. The minimum atomic E-state index is 0.0275. The van der Waals surface area contributed by atoms with Crippen LogP contribution in [0.1, 0.15) is 11.1 Å². The third-order valence-corrected chi connectivity index (χ3v) is 3.90. The zero-order chi connectivity index (χ0) is 14.7. The Bertz CT molecular complexity index is 779. The standard InChI is InChI=1S/C17H15BrN2O/c18-14-5-3-4-12(8-14)10-20-17(21)9-13-11-19-16-7-2-1-6-15(13)16/h1-8,11,19H,9-10H2,(H,20,21). The van der Waals surface area contributed by atoms with Gasteiger partial charge in [-0.05, 0) is 29.3 Å². The lowest BCUT2D eigenvalue weighted by Crippen LogP contribution is -2.24. The summed E-state index contributed by atoms with van der Waals surface area (Å²) in [6, 6.07) is 15.9. The highest BCUT2D eigenvalue weighted by atomic mass is 79.9. The lowest BCUT2D eigenvalue weighted by molar-refractivity contribution is -0.120. The van der Waals surface area contributed by atoms with Crippen molar-refractivity contribution in [1.29, 1.82) is 0 Å². The Morgan fingerprint density at radius 1 is 1.14 bits per heavy atom. The second-order valence-corrected chi connectivity index (χ2v) is 5.86. The average molecular weight is 343 g/mol. The molecule has 0 atom stereocenters. The zero-order valence-electron chi connectivity index (χ0n) is 11.4. The molecule has 0 saturated carbocycles. The number of H-pyrrole nitrogens is 1. The first-order valence-corrected chi connectivity index (χ1v) is 7.58. The molecular formula is C17H15BrN2O. The molecule has 21 heavy (non-hydrogen) atoms. The van der Waals surface area contributed by atoms with Gasteiger partial charge in [-0.2, -0.15) is 0 Å². The van der Waals surface area contributed by atoms with Gasteiger partial charge >= 0.3 is 0 Å². The summed E-state index contributed by atoms with van der Waals surface area (Å²) >= 11 is 3.43. The largest absolute Gasteiger partial charge is 0.361 e. The molecule has 0 bridgehead atoms. The Balaban J connectivity index is 1.64. The van der Waals surface area contributed by atoms with Crippen LogP contribution in [-0.2, 0) is 17.8 Å². The highest BCUT2D eigenvalue weighted by Crippen LogP contribution is 2.18. The van der Waals surface area contributed by atoms with E-state index in [1.54, 1.807) is 0 Å². The van der Waals surface area contributed by atoms with Crippen LogP contribution in [0.4, 0.5) is 0 Å². The molecule has 1 heterocycles. The van der Waals surface area contributed by atoms with E-state index in [9.17, 15) is 4.79 Å². The van der Waals surface area contributed by atoms with Crippen LogP contribution in [0.2, 0.25) is 0 Å². The quantitative estimate of drug-likeness (QED) is 0.744. The predicted octanol–water partition coefficient (Wildman–Crippen LogP) is 3.79. The smallest absolute Gasteiger partial charge is 0.224 e. The van der Waals surface area contributed by atoms with Gasteiger partial charge in [0.1, 0.15) is 0 Å². The summed E-state index contributed by atoms with van der Waals surface area (Å²) in [6.07, 6.45) is 2.29. The van der Waals surface area contributed by atoms with E-state index in [2.05, 4.69) is 26.2 Å². The van der Waals surface area contributed by atoms with Crippen LogP contribution in [0.5, 0.6) is 0 Å². The number of nitrogens with one attached hydrogen (secondary N) is 2. The van der Waals surface area contributed by atoms with Crippen LogP contribution in [0.3, 0.4) is 0 Å². The Morgan fingerprint density at radius 2 is 2.00 bits per heavy atom. The summed E-state index contributed by atoms with van der Waals surface area (Å²) in [5.74, 6) is 0.0275. The lowest BCUT2D eigenvalue weighted by atomic mass is 10.1. The van der Waals surface area contributed by atoms with Crippen molar-refractivity contribution < 1.29 is 4.79 Å². The van der Waals surface area contributed by atoms with Gasteiger partial charge in [0.05, 0.1) is 6.42 Å². The summed E-state index contributed by atoms with van der Waals surface area (Å²) in [5.41, 5.74) is 3.17. The molecule has 1 amide bonds. The van der Waals surface area contributed by atoms with Crippen molar-refractivity contribution in [3.8, 4) is 0 Å². The molecule has 0 fully saturated rings. The number of carbonyl (C=O) groups is 1. The number of hydrogen-bond acceptors (Lipinski definition) is 1. The molecular weight excluding hydrogens is 328 g/mol. The van der Waals surface area contributed by atoms with Gasteiger partial charge in [0, 0.05) is 28.1 Å². The molecule has 3 rings (SSSR count). The summed E-state index contributed by atoms with van der Waals surface area (Å²) in [6.45, 7) is 0.542. The van der Waals surface area contributed by atoms with E-state index in [0.29, 0.717) is 13.0 Å². The van der Waals surface area contributed by atoms with E-state index >= 15 is 0 Å². The van der Waals surface area contributed by atoms with Crippen LogP contribution in [-0.4, -0.2) is 10.9 Å². The number of rotatable bonds is 4. The summed E-state index contributed by atoms with van der Waals surface area (Å²) in [7, 11) is 0. The van der Waals surface area contributed by atoms with E-state index in [-0.39, 0.29) is 5.91 Å². The third-order valence-electron chi connectivity index (χ3n) is 3.40. The van der Waals surface area contributed by atoms with Crippen molar-refractivity contribution in [2.24, 2.45) is 0 Å². The van der Waals surface area contributed by atoms with Gasteiger partial charge in [0.2, 0.25) is 5.91 Å². The fraction of sp³-hybridized carbons (Fsp3) is 0.118. The van der Waals surface area contributed by atoms with Crippen molar-refractivity contribution in [3.05, 3.63) is 70.3 Å². The van der Waals surface area contributed by atoms with E-state index in [0.717, 1.165) is 26.5 Å². The molecule has 0 unspecified atom stereocenters. The van der Waals surface area contributed by atoms with Crippen molar-refractivity contribution >= 4 is 32.7 Å². The van der Waals surface area contributed by atoms with E-state index in [1.807, 2.05) is 54.7 Å². The molecule has 2 aromatic carbocycles. The van der Waals surface area contributed by atoms with Gasteiger partial charge in [-0.3, -0.25) is 4.79 Å². The first-order valence-electron chi connectivity index (χ1n) is 6.78. The minimum absolute atomic E-state index is 0.0275. The average Bonchev–Trinajstić information content (AvgIpc) is 2.89. The van der Waals surface area contributed by atoms with Crippen LogP contribution in [0.25, 0.3) is 10.9 Å². The van der Waals surface area contributed by atoms with Gasteiger partial charge in [-0.25, -0.2) is 0 Å². The number of amides is 1. The number of para-hydroxylation sites is 1. The first kappa shape index (κ1) is 13.9. The van der Waals surface area contributed by atoms with Crippen LogP contribution >= 0.6 is 15.9 Å². The number of carbonyl (C=O) groups excluding carboxylic acids is 1. The Hall–Kier alpha value is -2.07. The third kappa shape index (κ3) is 3.34. The van der Waals surface area contributed by atoms with Crippen molar-refractivity contribution in [1.82, 2.24) is 10.3 Å². The van der Waals surface area contributed by atoms with Gasteiger partial charge in [-0.15, -0.1) is 0 Å². The van der Waals surface area contributed by atoms with Gasteiger partial charge in [0.25, 0.3) is 0 Å². The Kier molecular flexibility index (Phi) is 4.06. The number of halogens is 1. The van der Waals surface area contributed by atoms with Crippen molar-refractivity contribution in [2.75, 3.05) is 0 Å². The van der Waals surface area contributed by atoms with Gasteiger partial charge < -0.3 is 10.3 Å².